The number of esters is 2. The highest BCUT2D eigenvalue weighted by Crippen LogP contribution is 2.20. The van der Waals surface area contributed by atoms with Crippen molar-refractivity contribution in [1.82, 2.24) is 0 Å². The summed E-state index contributed by atoms with van der Waals surface area (Å²) in [5.74, 6) is -1.51. The summed E-state index contributed by atoms with van der Waals surface area (Å²) < 4.78 is 43.6. The molecule has 0 bridgehead atoms. The van der Waals surface area contributed by atoms with Crippen LogP contribution in [-0.4, -0.2) is 38.1 Å². The summed E-state index contributed by atoms with van der Waals surface area (Å²) in [7, 11) is -4.56. The maximum absolute atomic E-state index is 12.9. The smallest absolute Gasteiger partial charge is 0.339 e. The van der Waals surface area contributed by atoms with Crippen LogP contribution in [0.25, 0.3) is 0 Å². The van der Waals surface area contributed by atoms with Gasteiger partial charge in [-0.2, -0.15) is 8.42 Å². The minimum absolute atomic E-state index is 0.0649. The van der Waals surface area contributed by atoms with Gasteiger partial charge in [0.05, 0.1) is 29.2 Å². The van der Waals surface area contributed by atoms with Crippen LogP contribution >= 0.6 is 0 Å². The third-order valence-corrected chi connectivity index (χ3v) is 9.05. The summed E-state index contributed by atoms with van der Waals surface area (Å²) in [6.07, 6.45) is 34.0. The molecule has 1 rings (SSSR count). The molecular weight excluding hydrogens is 600 g/mol. The summed E-state index contributed by atoms with van der Waals surface area (Å²) in [6.45, 7) is 4.51. The maximum atomic E-state index is 12.9. The number of hydrogen-bond acceptors (Lipinski definition) is 6. The van der Waals surface area contributed by atoms with E-state index in [0.29, 0.717) is 6.42 Å². The van der Waals surface area contributed by atoms with Gasteiger partial charge < -0.3 is 9.47 Å². The first-order chi connectivity index (χ1) is 22.3. The van der Waals surface area contributed by atoms with Crippen LogP contribution in [-0.2, 0) is 19.6 Å². The van der Waals surface area contributed by atoms with E-state index in [1.165, 1.54) is 96.0 Å². The molecule has 1 aromatic rings. The lowest BCUT2D eigenvalue weighted by Crippen LogP contribution is -2.16. The highest BCUT2D eigenvalue weighted by molar-refractivity contribution is 7.85. The third-order valence-electron chi connectivity index (χ3n) is 8.20. The first kappa shape index (κ1) is 41.6. The molecule has 0 saturated heterocycles. The fourth-order valence-corrected chi connectivity index (χ4v) is 5.91. The Morgan fingerprint density at radius 2 is 0.913 bits per heavy atom. The van der Waals surface area contributed by atoms with E-state index in [0.717, 1.165) is 57.1 Å². The molecule has 46 heavy (non-hydrogen) atoms. The molecule has 0 aromatic heterocycles. The van der Waals surface area contributed by atoms with Gasteiger partial charge in [0, 0.05) is 0 Å². The van der Waals surface area contributed by atoms with Gasteiger partial charge in [0.25, 0.3) is 10.1 Å². The van der Waals surface area contributed by atoms with E-state index in [1.54, 1.807) is 0 Å². The third kappa shape index (κ3) is 21.4. The van der Waals surface area contributed by atoms with Crippen molar-refractivity contribution in [1.29, 1.82) is 0 Å². The van der Waals surface area contributed by atoms with Gasteiger partial charge in [0.15, 0.2) is 0 Å². The predicted octanol–water partition coefficient (Wildman–Crippen LogP) is 11.0. The Labute approximate surface area is 280 Å². The lowest BCUT2D eigenvalue weighted by Gasteiger charge is -2.11. The average Bonchev–Trinajstić information content (AvgIpc) is 3.04. The molecule has 0 aliphatic heterocycles. The Morgan fingerprint density at radius 1 is 0.565 bits per heavy atom. The Bertz CT molecular complexity index is 1110. The zero-order valence-electron chi connectivity index (χ0n) is 28.8. The molecule has 8 heteroatoms. The molecule has 0 heterocycles. The summed E-state index contributed by atoms with van der Waals surface area (Å²) in [6, 6.07) is 3.27. The predicted molar refractivity (Wildman–Crippen MR) is 188 cm³/mol. The Balaban J connectivity index is 2.33. The Kier molecular flexibility index (Phi) is 25.0. The van der Waals surface area contributed by atoms with Crippen LogP contribution in [0.15, 0.2) is 47.4 Å². The summed E-state index contributed by atoms with van der Waals surface area (Å²) >= 11 is 0. The highest BCUT2D eigenvalue weighted by atomic mass is 32.2. The highest BCUT2D eigenvalue weighted by Gasteiger charge is 2.23. The van der Waals surface area contributed by atoms with Crippen molar-refractivity contribution in [2.75, 3.05) is 13.2 Å². The number of unbranched alkanes of at least 4 members (excludes halogenated alkanes) is 20. The molecular formula is C38H62O7S. The first-order valence-corrected chi connectivity index (χ1v) is 19.4. The number of benzene rings is 1. The van der Waals surface area contributed by atoms with Gasteiger partial charge >= 0.3 is 11.9 Å². The van der Waals surface area contributed by atoms with E-state index in [-0.39, 0.29) is 24.3 Å². The largest absolute Gasteiger partial charge is 0.462 e. The van der Waals surface area contributed by atoms with Gasteiger partial charge in [-0.3, -0.25) is 4.55 Å². The van der Waals surface area contributed by atoms with Crippen LogP contribution in [0.5, 0.6) is 0 Å². The van der Waals surface area contributed by atoms with Crippen LogP contribution in [0.2, 0.25) is 0 Å². The van der Waals surface area contributed by atoms with Crippen molar-refractivity contribution in [3.63, 3.8) is 0 Å². The lowest BCUT2D eigenvalue weighted by molar-refractivity contribution is 0.0450. The molecule has 1 N–H and O–H groups in total. The molecule has 7 nitrogen and oxygen atoms in total. The molecule has 0 amide bonds. The second-order valence-electron chi connectivity index (χ2n) is 12.2. The zero-order chi connectivity index (χ0) is 33.7. The number of carbonyl (C=O) groups is 2. The molecule has 1 aromatic carbocycles. The number of ether oxygens (including phenoxy) is 2. The first-order valence-electron chi connectivity index (χ1n) is 18.0. The number of hydrogen-bond donors (Lipinski definition) is 1. The minimum Gasteiger partial charge on any atom is -0.462 e. The maximum Gasteiger partial charge on any atom is 0.339 e. The van der Waals surface area contributed by atoms with Gasteiger partial charge in [-0.1, -0.05) is 127 Å². The average molecular weight is 663 g/mol. The van der Waals surface area contributed by atoms with Gasteiger partial charge in [-0.25, -0.2) is 9.59 Å². The van der Waals surface area contributed by atoms with Crippen molar-refractivity contribution in [3.05, 3.63) is 53.6 Å². The van der Waals surface area contributed by atoms with Crippen molar-refractivity contribution < 1.29 is 32.0 Å². The van der Waals surface area contributed by atoms with E-state index in [1.807, 2.05) is 0 Å². The van der Waals surface area contributed by atoms with Crippen molar-refractivity contribution in [2.24, 2.45) is 0 Å². The fraction of sp³-hybridized carbons (Fsp3) is 0.684. The summed E-state index contributed by atoms with van der Waals surface area (Å²) in [4.78, 5) is 25.2. The van der Waals surface area contributed by atoms with Gasteiger partial charge in [0.2, 0.25) is 0 Å². The Hall–Kier alpha value is -2.45. The topological polar surface area (TPSA) is 107 Å². The van der Waals surface area contributed by atoms with Crippen molar-refractivity contribution >= 4 is 22.1 Å². The van der Waals surface area contributed by atoms with Crippen molar-refractivity contribution in [3.8, 4) is 0 Å². The summed E-state index contributed by atoms with van der Waals surface area (Å²) in [5.41, 5.74) is -0.280. The minimum atomic E-state index is -4.56. The zero-order valence-corrected chi connectivity index (χ0v) is 29.6. The SMILES string of the molecule is C/C=C/CCCCCCCCCCCCOC(=O)c1ccc(S(=O)(=O)O)cc1C(=O)OCCCCCCCCCCCC/C=C/C. The van der Waals surface area contributed by atoms with Crippen molar-refractivity contribution in [2.45, 2.75) is 160 Å². The summed E-state index contributed by atoms with van der Waals surface area (Å²) in [5, 5.41) is 0. The normalized spacial score (nSPS) is 11.9. The van der Waals surface area contributed by atoms with Gasteiger partial charge in [-0.15, -0.1) is 0 Å². The number of rotatable bonds is 29. The quantitative estimate of drug-likeness (QED) is 0.0393. The van der Waals surface area contributed by atoms with Crippen LogP contribution < -0.4 is 0 Å². The van der Waals surface area contributed by atoms with Crippen LogP contribution in [0.3, 0.4) is 0 Å². The molecule has 0 aliphatic carbocycles. The van der Waals surface area contributed by atoms with E-state index in [4.69, 9.17) is 9.47 Å². The molecule has 0 saturated carbocycles. The van der Waals surface area contributed by atoms with E-state index >= 15 is 0 Å². The van der Waals surface area contributed by atoms with E-state index < -0.39 is 27.0 Å². The fourth-order valence-electron chi connectivity index (χ4n) is 5.41. The monoisotopic (exact) mass is 662 g/mol. The lowest BCUT2D eigenvalue weighted by atomic mass is 10.1. The second-order valence-corrected chi connectivity index (χ2v) is 13.7. The molecule has 0 fully saturated rings. The second kappa shape index (κ2) is 27.6. The molecule has 0 unspecified atom stereocenters. The van der Waals surface area contributed by atoms with Crippen LogP contribution in [0.1, 0.15) is 176 Å². The van der Waals surface area contributed by atoms with E-state index in [9.17, 15) is 22.6 Å². The molecule has 0 spiro atoms. The Morgan fingerprint density at radius 3 is 1.28 bits per heavy atom. The van der Waals surface area contributed by atoms with Gasteiger partial charge in [0.1, 0.15) is 0 Å². The molecule has 262 valence electrons. The molecule has 0 aliphatic rings. The standard InChI is InChI=1S/C38H62O7S/c1-3-5-7-9-11-13-15-17-19-21-23-25-27-31-44-37(39)35-30-29-34(46(41,42)43)33-36(35)38(40)45-32-28-26-24-22-20-18-16-14-12-10-8-6-4-2/h3-6,29-30,33H,7-28,31-32H2,1-2H3,(H,41,42,43)/b5-3+,6-4+. The van der Waals surface area contributed by atoms with Gasteiger partial charge in [-0.05, 0) is 70.6 Å². The van der Waals surface area contributed by atoms with Crippen LogP contribution in [0, 0.1) is 0 Å². The molecule has 0 radical (unpaired) electrons. The molecule has 0 atom stereocenters. The van der Waals surface area contributed by atoms with E-state index in [2.05, 4.69) is 38.2 Å². The number of carbonyl (C=O) groups excluding carboxylic acids is 2. The number of allylic oxidation sites excluding steroid dienone is 4. The van der Waals surface area contributed by atoms with Crippen LogP contribution in [0.4, 0.5) is 0 Å².